The third-order valence-corrected chi connectivity index (χ3v) is 8.87. The van der Waals surface area contributed by atoms with E-state index in [9.17, 15) is 19.5 Å². The number of hydrogen-bond acceptors (Lipinski definition) is 4. The average Bonchev–Trinajstić information content (AvgIpc) is 3.40. The van der Waals surface area contributed by atoms with Crippen molar-refractivity contribution in [2.45, 2.75) is 70.3 Å². The number of amides is 2. The third-order valence-electron chi connectivity index (χ3n) is 7.66. The minimum Gasteiger partial charge on any atom is -0.481 e. The molecule has 4 atom stereocenters. The molecule has 5 aliphatic carbocycles. The number of aryl methyl sites for hydroxylation is 1. The molecule has 2 fully saturated rings. The van der Waals surface area contributed by atoms with E-state index in [1.165, 1.54) is 16.2 Å². The number of allylic oxidation sites excluding steroid dienone is 2. The van der Waals surface area contributed by atoms with E-state index in [-0.39, 0.29) is 29.7 Å². The van der Waals surface area contributed by atoms with Gasteiger partial charge in [-0.25, -0.2) is 0 Å². The van der Waals surface area contributed by atoms with Crippen LogP contribution in [0.5, 0.6) is 0 Å². The maximum Gasteiger partial charge on any atom is 0.307 e. The molecule has 0 aromatic carbocycles. The molecule has 6 nitrogen and oxygen atoms in total. The zero-order valence-corrected chi connectivity index (χ0v) is 18.5. The summed E-state index contributed by atoms with van der Waals surface area (Å²) in [7, 11) is 0. The lowest BCUT2D eigenvalue weighted by Gasteiger charge is -2.41. The normalized spacial score (nSPS) is 29.5. The van der Waals surface area contributed by atoms with Crippen molar-refractivity contribution < 1.29 is 19.5 Å². The lowest BCUT2D eigenvalue weighted by molar-refractivity contribution is -0.151. The molecule has 3 N–H and O–H groups in total. The second kappa shape index (κ2) is 8.41. The van der Waals surface area contributed by atoms with E-state index >= 15 is 0 Å². The highest BCUT2D eigenvalue weighted by atomic mass is 32.1. The van der Waals surface area contributed by atoms with Crippen molar-refractivity contribution in [3.63, 3.8) is 0 Å². The van der Waals surface area contributed by atoms with Crippen molar-refractivity contribution in [2.24, 2.45) is 23.7 Å². The Kier molecular flexibility index (Phi) is 5.63. The molecule has 6 rings (SSSR count). The second-order valence-corrected chi connectivity index (χ2v) is 10.6. The Balaban J connectivity index is 1.42. The van der Waals surface area contributed by atoms with E-state index in [1.54, 1.807) is 0 Å². The van der Waals surface area contributed by atoms with Gasteiger partial charge in [-0.2, -0.15) is 0 Å². The molecule has 2 bridgehead atoms. The van der Waals surface area contributed by atoms with Gasteiger partial charge in [0.15, 0.2) is 0 Å². The van der Waals surface area contributed by atoms with Crippen LogP contribution in [-0.2, 0) is 22.4 Å². The number of fused-ring (bicyclic) bond motifs is 3. The van der Waals surface area contributed by atoms with Crippen molar-refractivity contribution >= 4 is 34.1 Å². The second-order valence-electron chi connectivity index (χ2n) is 9.54. The summed E-state index contributed by atoms with van der Waals surface area (Å²) in [4.78, 5) is 39.8. The molecule has 0 saturated heterocycles. The zero-order valence-electron chi connectivity index (χ0n) is 17.7. The van der Waals surface area contributed by atoms with Crippen molar-refractivity contribution in [2.75, 3.05) is 5.32 Å². The van der Waals surface area contributed by atoms with Gasteiger partial charge < -0.3 is 15.7 Å². The van der Waals surface area contributed by atoms with Crippen molar-refractivity contribution in [3.8, 4) is 0 Å². The molecule has 5 aliphatic rings. The molecule has 1 aromatic heterocycles. The van der Waals surface area contributed by atoms with Gasteiger partial charge in [-0.1, -0.05) is 25.0 Å². The molecule has 7 heteroatoms. The van der Waals surface area contributed by atoms with Crippen LogP contribution < -0.4 is 10.6 Å². The first-order chi connectivity index (χ1) is 15.0. The molecule has 166 valence electrons. The fraction of sp³-hybridized carbons (Fsp3) is 0.625. The number of rotatable bonds is 5. The fourth-order valence-electron chi connectivity index (χ4n) is 6.11. The zero-order chi connectivity index (χ0) is 21.5. The van der Waals surface area contributed by atoms with E-state index in [0.29, 0.717) is 10.6 Å². The number of carboxylic acids is 1. The first-order valence-electron chi connectivity index (χ1n) is 11.7. The van der Waals surface area contributed by atoms with Crippen LogP contribution in [0.3, 0.4) is 0 Å². The average molecular weight is 443 g/mol. The molecule has 2 saturated carbocycles. The number of nitrogens with one attached hydrogen (secondary N) is 2. The highest BCUT2D eigenvalue weighted by Crippen LogP contribution is 2.46. The summed E-state index contributed by atoms with van der Waals surface area (Å²) in [6.45, 7) is 0. The van der Waals surface area contributed by atoms with E-state index in [1.807, 2.05) is 12.2 Å². The predicted molar refractivity (Wildman–Crippen MR) is 119 cm³/mol. The minimum atomic E-state index is -0.899. The van der Waals surface area contributed by atoms with E-state index in [0.717, 1.165) is 69.8 Å². The van der Waals surface area contributed by atoms with E-state index in [4.69, 9.17) is 0 Å². The molecular formula is C24H30N2O4S. The minimum absolute atomic E-state index is 0.0450. The van der Waals surface area contributed by atoms with Crippen LogP contribution in [0.4, 0.5) is 5.00 Å². The van der Waals surface area contributed by atoms with Gasteiger partial charge in [0.25, 0.3) is 5.91 Å². The molecule has 0 radical (unpaired) electrons. The Hall–Kier alpha value is -2.15. The van der Waals surface area contributed by atoms with Crippen LogP contribution in [0.25, 0.3) is 0 Å². The monoisotopic (exact) mass is 442 g/mol. The van der Waals surface area contributed by atoms with Gasteiger partial charge in [0.2, 0.25) is 5.91 Å². The van der Waals surface area contributed by atoms with Crippen molar-refractivity contribution in [1.82, 2.24) is 5.32 Å². The number of anilines is 1. The van der Waals surface area contributed by atoms with E-state index in [2.05, 4.69) is 10.6 Å². The molecule has 31 heavy (non-hydrogen) atoms. The highest BCUT2D eigenvalue weighted by molar-refractivity contribution is 7.17. The Morgan fingerprint density at radius 2 is 1.58 bits per heavy atom. The van der Waals surface area contributed by atoms with Gasteiger partial charge in [0.05, 0.1) is 17.4 Å². The summed E-state index contributed by atoms with van der Waals surface area (Å²) in [5.41, 5.74) is 1.71. The van der Waals surface area contributed by atoms with Crippen LogP contribution >= 0.6 is 11.3 Å². The predicted octanol–water partition coefficient (Wildman–Crippen LogP) is 4.15. The summed E-state index contributed by atoms with van der Waals surface area (Å²) < 4.78 is 0. The number of aliphatic carboxylic acids is 1. The molecule has 1 heterocycles. The molecule has 1 aromatic rings. The van der Waals surface area contributed by atoms with Gasteiger partial charge in [0, 0.05) is 10.9 Å². The Morgan fingerprint density at radius 1 is 0.903 bits per heavy atom. The lowest BCUT2D eigenvalue weighted by Crippen LogP contribution is -2.47. The van der Waals surface area contributed by atoms with Crippen LogP contribution in [0.2, 0.25) is 0 Å². The quantitative estimate of drug-likeness (QED) is 0.597. The lowest BCUT2D eigenvalue weighted by atomic mass is 9.62. The first kappa shape index (κ1) is 20.7. The summed E-state index contributed by atoms with van der Waals surface area (Å²) >= 11 is 1.51. The summed E-state index contributed by atoms with van der Waals surface area (Å²) in [5, 5.41) is 16.6. The molecule has 0 spiro atoms. The molecule has 2 amide bonds. The smallest absolute Gasteiger partial charge is 0.307 e. The Morgan fingerprint density at radius 3 is 2.26 bits per heavy atom. The Bertz CT molecular complexity index is 930. The summed E-state index contributed by atoms with van der Waals surface area (Å²) in [6.07, 6.45) is 13.9. The fourth-order valence-corrected chi connectivity index (χ4v) is 7.39. The van der Waals surface area contributed by atoms with Gasteiger partial charge in [-0.3, -0.25) is 14.4 Å². The number of carbonyl (C=O) groups excluding carboxylic acids is 2. The maximum atomic E-state index is 13.4. The van der Waals surface area contributed by atoms with Crippen molar-refractivity contribution in [3.05, 3.63) is 28.2 Å². The first-order valence-corrected chi connectivity index (χ1v) is 12.5. The van der Waals surface area contributed by atoms with Gasteiger partial charge in [-0.15, -0.1) is 11.3 Å². The van der Waals surface area contributed by atoms with Crippen LogP contribution in [0.15, 0.2) is 12.2 Å². The molecule has 0 aliphatic heterocycles. The van der Waals surface area contributed by atoms with Crippen LogP contribution in [-0.4, -0.2) is 28.9 Å². The van der Waals surface area contributed by atoms with Gasteiger partial charge in [0.1, 0.15) is 5.00 Å². The molecule has 4 unspecified atom stereocenters. The number of hydrogen-bond donors (Lipinski definition) is 3. The van der Waals surface area contributed by atoms with E-state index < -0.39 is 17.8 Å². The van der Waals surface area contributed by atoms with Crippen LogP contribution in [0, 0.1) is 23.7 Å². The summed E-state index contributed by atoms with van der Waals surface area (Å²) in [6, 6.07) is 0.214. The topological polar surface area (TPSA) is 95.5 Å². The largest absolute Gasteiger partial charge is 0.481 e. The van der Waals surface area contributed by atoms with Gasteiger partial charge in [-0.05, 0) is 68.8 Å². The highest BCUT2D eigenvalue weighted by Gasteiger charge is 2.48. The van der Waals surface area contributed by atoms with Crippen molar-refractivity contribution in [1.29, 1.82) is 0 Å². The summed E-state index contributed by atoms with van der Waals surface area (Å²) in [5.74, 6) is -2.62. The number of carbonyl (C=O) groups is 3. The third kappa shape index (κ3) is 3.81. The number of carboxylic acid groups (broad SMARTS) is 1. The molecular weight excluding hydrogens is 412 g/mol. The van der Waals surface area contributed by atoms with Crippen LogP contribution in [0.1, 0.15) is 72.2 Å². The van der Waals surface area contributed by atoms with Gasteiger partial charge >= 0.3 is 5.97 Å². The standard InChI is InChI=1S/C24H30N2O4S/c27-21(18-13-9-11-14(12-10-13)19(18)24(29)30)26-23-20(16-7-3-4-8-17(16)31-23)22(28)25-15-5-1-2-6-15/h9,11,13-15,18-19H,1-8,10,12H2,(H,25,28)(H,26,27)(H,29,30). The maximum absolute atomic E-state index is 13.4. The number of thiophene rings is 1. The Labute approximate surface area is 186 Å². The SMILES string of the molecule is O=C(NC1CCCC1)c1c(NC(=O)C2C3C=CC(CC3)C2C(=O)O)sc2c1CCCC2.